The van der Waals surface area contributed by atoms with Crippen LogP contribution >= 0.6 is 0 Å². The predicted molar refractivity (Wildman–Crippen MR) is 155 cm³/mol. The van der Waals surface area contributed by atoms with Crippen molar-refractivity contribution in [2.45, 2.75) is 19.4 Å². The van der Waals surface area contributed by atoms with E-state index in [1.165, 1.54) is 4.57 Å². The van der Waals surface area contributed by atoms with E-state index in [0.717, 1.165) is 48.6 Å². The van der Waals surface area contributed by atoms with E-state index in [1.807, 2.05) is 85.0 Å². The molecule has 0 amide bonds. The SMILES string of the molecule is CN(C)CCCNc1ccc2nc3c(=O)n(CCCN(C)C)c(=O)nc-3n(-c3ccc(N(C)C)cc3)c2c1. The molecule has 38 heavy (non-hydrogen) atoms. The van der Waals surface area contributed by atoms with Crippen molar-refractivity contribution in [3.8, 4) is 17.2 Å². The van der Waals surface area contributed by atoms with Gasteiger partial charge in [-0.05, 0) is 96.6 Å². The molecule has 2 aromatic carbocycles. The third-order valence-electron chi connectivity index (χ3n) is 6.47. The van der Waals surface area contributed by atoms with Crippen LogP contribution in [0.1, 0.15) is 12.8 Å². The number of nitrogens with one attached hydrogen (secondary N) is 1. The monoisotopic (exact) mass is 518 g/mol. The molecule has 0 atom stereocenters. The molecule has 2 aromatic rings. The predicted octanol–water partition coefficient (Wildman–Crippen LogP) is 2.43. The molecule has 2 aliphatic rings. The van der Waals surface area contributed by atoms with Crippen molar-refractivity contribution in [1.82, 2.24) is 28.9 Å². The summed E-state index contributed by atoms with van der Waals surface area (Å²) in [6.07, 6.45) is 1.67. The van der Waals surface area contributed by atoms with Crippen molar-refractivity contribution >= 4 is 22.4 Å². The maximum atomic E-state index is 13.5. The van der Waals surface area contributed by atoms with Gasteiger partial charge in [0.15, 0.2) is 11.5 Å². The Morgan fingerprint density at radius 2 is 1.53 bits per heavy atom. The molecule has 10 heteroatoms. The van der Waals surface area contributed by atoms with Gasteiger partial charge in [0.25, 0.3) is 5.56 Å². The van der Waals surface area contributed by atoms with E-state index in [4.69, 9.17) is 4.98 Å². The molecule has 202 valence electrons. The molecule has 10 nitrogen and oxygen atoms in total. The van der Waals surface area contributed by atoms with Gasteiger partial charge in [-0.3, -0.25) is 13.9 Å². The van der Waals surface area contributed by atoms with Crippen molar-refractivity contribution in [3.63, 3.8) is 0 Å². The van der Waals surface area contributed by atoms with Crippen LogP contribution < -0.4 is 21.5 Å². The van der Waals surface area contributed by atoms with E-state index < -0.39 is 11.2 Å². The molecule has 0 radical (unpaired) electrons. The molecule has 2 heterocycles. The number of fused-ring (bicyclic) bond motifs is 2. The van der Waals surface area contributed by atoms with E-state index in [1.54, 1.807) is 0 Å². The van der Waals surface area contributed by atoms with E-state index in [-0.39, 0.29) is 11.5 Å². The molecule has 4 rings (SSSR count). The van der Waals surface area contributed by atoms with Gasteiger partial charge in [0.1, 0.15) is 0 Å². The van der Waals surface area contributed by atoms with Crippen LogP contribution in [0.2, 0.25) is 0 Å². The van der Waals surface area contributed by atoms with Crippen LogP contribution in [0.25, 0.3) is 28.2 Å². The van der Waals surface area contributed by atoms with Crippen molar-refractivity contribution in [3.05, 3.63) is 63.3 Å². The van der Waals surface area contributed by atoms with Gasteiger partial charge in [0.2, 0.25) is 0 Å². The Labute approximate surface area is 223 Å². The number of hydrogen-bond acceptors (Lipinski definition) is 8. The fourth-order valence-corrected chi connectivity index (χ4v) is 4.44. The summed E-state index contributed by atoms with van der Waals surface area (Å²) < 4.78 is 3.07. The van der Waals surface area contributed by atoms with Gasteiger partial charge < -0.3 is 20.0 Å². The van der Waals surface area contributed by atoms with Crippen molar-refractivity contribution < 1.29 is 0 Å². The minimum absolute atomic E-state index is 0.185. The molecule has 0 bridgehead atoms. The Hall–Kier alpha value is -3.76. The minimum atomic E-state index is -0.556. The number of hydrogen-bond donors (Lipinski definition) is 1. The first-order valence-electron chi connectivity index (χ1n) is 12.9. The Kier molecular flexibility index (Phi) is 8.43. The normalized spacial score (nSPS) is 11.7. The highest BCUT2D eigenvalue weighted by Crippen LogP contribution is 2.28. The lowest BCUT2D eigenvalue weighted by molar-refractivity contribution is 0.382. The number of rotatable bonds is 11. The van der Waals surface area contributed by atoms with Gasteiger partial charge in [0, 0.05) is 44.2 Å². The van der Waals surface area contributed by atoms with Crippen LogP contribution in [0.4, 0.5) is 11.4 Å². The van der Waals surface area contributed by atoms with Gasteiger partial charge in [-0.15, -0.1) is 0 Å². The Bertz CT molecular complexity index is 1470. The highest BCUT2D eigenvalue weighted by atomic mass is 16.2. The maximum absolute atomic E-state index is 13.5. The Morgan fingerprint density at radius 3 is 2.18 bits per heavy atom. The summed E-state index contributed by atoms with van der Waals surface area (Å²) in [4.78, 5) is 41.9. The highest BCUT2D eigenvalue weighted by molar-refractivity contribution is 5.85. The fourth-order valence-electron chi connectivity index (χ4n) is 4.44. The van der Waals surface area contributed by atoms with Crippen LogP contribution in [0.3, 0.4) is 0 Å². The van der Waals surface area contributed by atoms with Crippen LogP contribution in [0.15, 0.2) is 52.1 Å². The average molecular weight is 519 g/mol. The molecule has 0 spiro atoms. The van der Waals surface area contributed by atoms with Gasteiger partial charge in [-0.25, -0.2) is 9.78 Å². The second kappa shape index (κ2) is 11.7. The molecular weight excluding hydrogens is 480 g/mol. The zero-order chi connectivity index (χ0) is 27.4. The third kappa shape index (κ3) is 6.03. The highest BCUT2D eigenvalue weighted by Gasteiger charge is 2.22. The quantitative estimate of drug-likeness (QED) is 0.239. The topological polar surface area (TPSA) is 91.5 Å². The first kappa shape index (κ1) is 27.3. The van der Waals surface area contributed by atoms with E-state index in [2.05, 4.69) is 29.3 Å². The molecule has 0 saturated heterocycles. The fraction of sp³-hybridized carbons (Fsp3) is 0.429. The molecule has 0 unspecified atom stereocenters. The molecule has 0 saturated carbocycles. The van der Waals surface area contributed by atoms with Gasteiger partial charge in [0.05, 0.1) is 11.0 Å². The first-order valence-corrected chi connectivity index (χ1v) is 12.9. The molecule has 0 aromatic heterocycles. The zero-order valence-corrected chi connectivity index (χ0v) is 23.2. The van der Waals surface area contributed by atoms with Gasteiger partial charge in [-0.2, -0.15) is 4.98 Å². The first-order chi connectivity index (χ1) is 18.2. The molecular formula is C28H38N8O2. The van der Waals surface area contributed by atoms with Crippen LogP contribution in [-0.2, 0) is 6.54 Å². The lowest BCUT2D eigenvalue weighted by Gasteiger charge is -2.20. The minimum Gasteiger partial charge on any atom is -0.385 e. The molecule has 1 N–H and O–H groups in total. The second-order valence-corrected chi connectivity index (χ2v) is 10.3. The molecule has 0 fully saturated rings. The Morgan fingerprint density at radius 1 is 0.842 bits per heavy atom. The lowest BCUT2D eigenvalue weighted by Crippen LogP contribution is -2.39. The summed E-state index contributed by atoms with van der Waals surface area (Å²) >= 11 is 0. The van der Waals surface area contributed by atoms with Gasteiger partial charge >= 0.3 is 5.69 Å². The van der Waals surface area contributed by atoms with E-state index in [9.17, 15) is 9.59 Å². The molecule has 0 aliphatic carbocycles. The summed E-state index contributed by atoms with van der Waals surface area (Å²) in [5, 5.41) is 3.48. The number of benzene rings is 2. The number of aromatic nitrogens is 4. The molecule has 2 aliphatic heterocycles. The maximum Gasteiger partial charge on any atom is 0.352 e. The summed E-state index contributed by atoms with van der Waals surface area (Å²) in [6.45, 7) is 2.87. The zero-order valence-electron chi connectivity index (χ0n) is 23.2. The van der Waals surface area contributed by atoms with E-state index in [0.29, 0.717) is 18.5 Å². The summed E-state index contributed by atoms with van der Waals surface area (Å²) in [5.41, 5.74) is 3.43. The van der Waals surface area contributed by atoms with Crippen molar-refractivity contribution in [1.29, 1.82) is 0 Å². The summed E-state index contributed by atoms with van der Waals surface area (Å²) in [5.74, 6) is 0.263. The summed E-state index contributed by atoms with van der Waals surface area (Å²) in [6, 6.07) is 13.8. The Balaban J connectivity index is 1.87. The van der Waals surface area contributed by atoms with Gasteiger partial charge in [-0.1, -0.05) is 0 Å². The largest absolute Gasteiger partial charge is 0.385 e. The average Bonchev–Trinajstić information content (AvgIpc) is 2.87. The lowest BCUT2D eigenvalue weighted by atomic mass is 10.2. The van der Waals surface area contributed by atoms with Crippen LogP contribution in [0, 0.1) is 0 Å². The van der Waals surface area contributed by atoms with Crippen LogP contribution in [0.5, 0.6) is 0 Å². The van der Waals surface area contributed by atoms with Crippen LogP contribution in [-0.4, -0.2) is 90.8 Å². The smallest absolute Gasteiger partial charge is 0.352 e. The van der Waals surface area contributed by atoms with E-state index >= 15 is 0 Å². The second-order valence-electron chi connectivity index (χ2n) is 10.3. The third-order valence-corrected chi connectivity index (χ3v) is 6.47. The summed E-state index contributed by atoms with van der Waals surface area (Å²) in [7, 11) is 12.0. The number of nitrogens with zero attached hydrogens (tertiary/aromatic N) is 7. The van der Waals surface area contributed by atoms with Crippen molar-refractivity contribution in [2.24, 2.45) is 0 Å². The number of anilines is 2. The van der Waals surface area contributed by atoms with Crippen molar-refractivity contribution in [2.75, 3.05) is 72.1 Å². The standard InChI is InChI=1S/C28H38N8O2/c1-32(2)16-7-15-29-20-9-14-23-24(19-20)36(22-12-10-21(11-13-22)34(5)6)26-25(30-23)27(37)35(28(38)31-26)18-8-17-33(3)4/h9-14,19,29H,7-8,15-18H2,1-6H3.